The smallest absolute Gasteiger partial charge is 0.342 e. The van der Waals surface area contributed by atoms with Crippen molar-refractivity contribution in [2.24, 2.45) is 0 Å². The zero-order valence-corrected chi connectivity index (χ0v) is 16.5. The van der Waals surface area contributed by atoms with Crippen molar-refractivity contribution in [2.45, 2.75) is 20.3 Å². The van der Waals surface area contributed by atoms with Crippen molar-refractivity contribution in [3.05, 3.63) is 89.5 Å². The average molecular weight is 389 g/mol. The second-order valence-electron chi connectivity index (χ2n) is 6.50. The number of nitrogens with one attached hydrogen (secondary N) is 1. The van der Waals surface area contributed by atoms with Gasteiger partial charge in [0, 0.05) is 5.69 Å². The van der Waals surface area contributed by atoms with Crippen molar-refractivity contribution >= 4 is 17.6 Å². The first-order valence-electron chi connectivity index (χ1n) is 9.46. The molecule has 0 fully saturated rings. The summed E-state index contributed by atoms with van der Waals surface area (Å²) in [6.07, 6.45) is 0.793. The summed E-state index contributed by atoms with van der Waals surface area (Å²) in [5.41, 5.74) is 3.02. The molecule has 0 saturated heterocycles. The number of esters is 1. The lowest BCUT2D eigenvalue weighted by molar-refractivity contribution is -0.119. The largest absolute Gasteiger partial charge is 0.456 e. The Labute approximate surface area is 170 Å². The van der Waals surface area contributed by atoms with Crippen LogP contribution in [0.1, 0.15) is 28.4 Å². The van der Waals surface area contributed by atoms with Crippen LogP contribution in [0.2, 0.25) is 0 Å². The highest BCUT2D eigenvalue weighted by Gasteiger charge is 2.16. The molecule has 0 aliphatic heterocycles. The normalized spacial score (nSPS) is 10.3. The molecule has 3 aromatic rings. The number of amides is 1. The third-order valence-corrected chi connectivity index (χ3v) is 4.42. The van der Waals surface area contributed by atoms with Crippen molar-refractivity contribution < 1.29 is 19.1 Å². The monoisotopic (exact) mass is 389 g/mol. The molecule has 0 spiro atoms. The van der Waals surface area contributed by atoms with E-state index in [9.17, 15) is 9.59 Å². The average Bonchev–Trinajstić information content (AvgIpc) is 2.74. The van der Waals surface area contributed by atoms with Gasteiger partial charge in [0.1, 0.15) is 17.1 Å². The topological polar surface area (TPSA) is 64.6 Å². The summed E-state index contributed by atoms with van der Waals surface area (Å²) in [4.78, 5) is 24.8. The molecule has 0 heterocycles. The minimum atomic E-state index is -0.618. The van der Waals surface area contributed by atoms with Crippen LogP contribution in [0.15, 0.2) is 72.8 Å². The number of rotatable bonds is 7. The molecule has 3 rings (SSSR count). The second-order valence-corrected chi connectivity index (χ2v) is 6.50. The fourth-order valence-electron chi connectivity index (χ4n) is 2.93. The number of para-hydroxylation sites is 3. The van der Waals surface area contributed by atoms with E-state index < -0.39 is 5.97 Å². The van der Waals surface area contributed by atoms with Crippen LogP contribution in [-0.2, 0) is 16.0 Å². The van der Waals surface area contributed by atoms with Gasteiger partial charge in [-0.15, -0.1) is 0 Å². The Morgan fingerprint density at radius 2 is 1.62 bits per heavy atom. The summed E-state index contributed by atoms with van der Waals surface area (Å²) < 4.78 is 11.0. The number of ether oxygens (including phenoxy) is 2. The highest BCUT2D eigenvalue weighted by molar-refractivity contribution is 5.97. The lowest BCUT2D eigenvalue weighted by Gasteiger charge is -2.14. The predicted molar refractivity (Wildman–Crippen MR) is 112 cm³/mol. The molecule has 0 bridgehead atoms. The first-order valence-corrected chi connectivity index (χ1v) is 9.46. The zero-order valence-electron chi connectivity index (χ0n) is 16.5. The molecule has 0 aliphatic rings. The number of benzene rings is 3. The van der Waals surface area contributed by atoms with Crippen LogP contribution in [0.5, 0.6) is 11.5 Å². The molecule has 1 N–H and O–H groups in total. The molecule has 0 saturated carbocycles. The van der Waals surface area contributed by atoms with Gasteiger partial charge >= 0.3 is 5.97 Å². The summed E-state index contributed by atoms with van der Waals surface area (Å²) in [6, 6.07) is 21.8. The zero-order chi connectivity index (χ0) is 20.6. The lowest BCUT2D eigenvalue weighted by atomic mass is 10.1. The van der Waals surface area contributed by atoms with E-state index in [1.807, 2.05) is 50.2 Å². The van der Waals surface area contributed by atoms with Crippen LogP contribution >= 0.6 is 0 Å². The molecule has 0 aliphatic carbocycles. The highest BCUT2D eigenvalue weighted by atomic mass is 16.5. The van der Waals surface area contributed by atoms with Crippen molar-refractivity contribution in [3.8, 4) is 11.5 Å². The van der Waals surface area contributed by atoms with E-state index in [0.29, 0.717) is 11.5 Å². The number of anilines is 1. The Bertz CT molecular complexity index is 999. The van der Waals surface area contributed by atoms with Crippen LogP contribution in [0.4, 0.5) is 5.69 Å². The maximum Gasteiger partial charge on any atom is 0.342 e. The Morgan fingerprint density at radius 3 is 2.38 bits per heavy atom. The Hall–Kier alpha value is -3.60. The molecule has 5 nitrogen and oxygen atoms in total. The third kappa shape index (κ3) is 5.23. The highest BCUT2D eigenvalue weighted by Crippen LogP contribution is 2.26. The van der Waals surface area contributed by atoms with E-state index >= 15 is 0 Å². The lowest BCUT2D eigenvalue weighted by Crippen LogP contribution is -2.22. The van der Waals surface area contributed by atoms with Crippen molar-refractivity contribution in [3.63, 3.8) is 0 Å². The van der Waals surface area contributed by atoms with Gasteiger partial charge in [-0.2, -0.15) is 0 Å². The van der Waals surface area contributed by atoms with Crippen molar-refractivity contribution in [1.82, 2.24) is 0 Å². The molecular formula is C24H23NO4. The molecule has 148 valence electrons. The van der Waals surface area contributed by atoms with Crippen LogP contribution in [0, 0.1) is 6.92 Å². The minimum Gasteiger partial charge on any atom is -0.456 e. The van der Waals surface area contributed by atoms with Crippen LogP contribution in [-0.4, -0.2) is 18.5 Å². The van der Waals surface area contributed by atoms with Crippen LogP contribution < -0.4 is 10.1 Å². The van der Waals surface area contributed by atoms with Gasteiger partial charge < -0.3 is 14.8 Å². The molecule has 29 heavy (non-hydrogen) atoms. The van der Waals surface area contributed by atoms with Gasteiger partial charge in [-0.1, -0.05) is 55.5 Å². The van der Waals surface area contributed by atoms with Crippen molar-refractivity contribution in [2.75, 3.05) is 11.9 Å². The van der Waals surface area contributed by atoms with Crippen LogP contribution in [0.25, 0.3) is 0 Å². The van der Waals surface area contributed by atoms with E-state index in [1.54, 1.807) is 36.4 Å². The minimum absolute atomic E-state index is 0.259. The number of carbonyl (C=O) groups excluding carboxylic acids is 2. The maximum absolute atomic E-state index is 12.5. The van der Waals surface area contributed by atoms with Gasteiger partial charge in [0.25, 0.3) is 5.91 Å². The molecular weight excluding hydrogens is 366 g/mol. The third-order valence-electron chi connectivity index (χ3n) is 4.42. The summed E-state index contributed by atoms with van der Waals surface area (Å²) in [5, 5.41) is 2.84. The van der Waals surface area contributed by atoms with E-state index in [1.165, 1.54) is 0 Å². The maximum atomic E-state index is 12.5. The van der Waals surface area contributed by atoms with Gasteiger partial charge in [-0.05, 0) is 48.7 Å². The predicted octanol–water partition coefficient (Wildman–Crippen LogP) is 5.15. The van der Waals surface area contributed by atoms with Crippen molar-refractivity contribution in [1.29, 1.82) is 0 Å². The Morgan fingerprint density at radius 1 is 0.897 bits per heavy atom. The Balaban J connectivity index is 1.65. The number of hydrogen-bond donors (Lipinski definition) is 1. The molecule has 1 amide bonds. The first-order chi connectivity index (χ1) is 14.1. The van der Waals surface area contributed by atoms with Gasteiger partial charge in [0.15, 0.2) is 6.61 Å². The van der Waals surface area contributed by atoms with E-state index in [2.05, 4.69) is 5.32 Å². The number of hydrogen-bond acceptors (Lipinski definition) is 4. The van der Waals surface area contributed by atoms with E-state index in [0.717, 1.165) is 23.2 Å². The molecule has 0 aromatic heterocycles. The fraction of sp³-hybridized carbons (Fsp3) is 0.167. The van der Waals surface area contributed by atoms with Gasteiger partial charge in [0.2, 0.25) is 0 Å². The SMILES string of the molecule is CCc1cccc(C)c1NC(=O)COC(=O)c1ccccc1Oc1ccccc1. The summed E-state index contributed by atoms with van der Waals surface area (Å²) in [5.74, 6) is -0.0237. The van der Waals surface area contributed by atoms with E-state index in [4.69, 9.17) is 9.47 Å². The molecule has 0 unspecified atom stereocenters. The summed E-state index contributed by atoms with van der Waals surface area (Å²) in [7, 11) is 0. The van der Waals surface area contributed by atoms with Gasteiger partial charge in [-0.25, -0.2) is 4.79 Å². The van der Waals surface area contributed by atoms with Gasteiger partial charge in [-0.3, -0.25) is 4.79 Å². The van der Waals surface area contributed by atoms with Crippen LogP contribution in [0.3, 0.4) is 0 Å². The quantitative estimate of drug-likeness (QED) is 0.568. The standard InChI is InChI=1S/C24H23NO4/c1-3-18-11-9-10-17(2)23(18)25-22(26)16-28-24(27)20-14-7-8-15-21(20)29-19-12-5-4-6-13-19/h4-15H,3,16H2,1-2H3,(H,25,26). The first kappa shape index (κ1) is 20.1. The molecule has 0 atom stereocenters. The van der Waals surface area contributed by atoms with E-state index in [-0.39, 0.29) is 18.1 Å². The summed E-state index contributed by atoms with van der Waals surface area (Å²) in [6.45, 7) is 3.57. The number of carbonyl (C=O) groups is 2. The summed E-state index contributed by atoms with van der Waals surface area (Å²) >= 11 is 0. The Kier molecular flexibility index (Phi) is 6.63. The second kappa shape index (κ2) is 9.55. The fourth-order valence-corrected chi connectivity index (χ4v) is 2.93. The van der Waals surface area contributed by atoms with Gasteiger partial charge in [0.05, 0.1) is 0 Å². The number of aryl methyl sites for hydroxylation is 2. The molecule has 3 aromatic carbocycles. The molecule has 5 heteroatoms. The molecule has 0 radical (unpaired) electrons.